The predicted molar refractivity (Wildman–Crippen MR) is 92.4 cm³/mol. The van der Waals surface area contributed by atoms with Crippen molar-refractivity contribution >= 4 is 6.03 Å². The molecule has 1 aromatic rings. The maximum atomic E-state index is 12.5. The third kappa shape index (κ3) is 3.81. The number of ether oxygens (including phenoxy) is 3. The molecule has 0 bridgehead atoms. The molecule has 1 N–H and O–H groups in total. The van der Waals surface area contributed by atoms with Crippen molar-refractivity contribution in [3.63, 3.8) is 0 Å². The first-order valence-corrected chi connectivity index (χ1v) is 9.23. The normalized spacial score (nSPS) is 25.4. The van der Waals surface area contributed by atoms with Gasteiger partial charge in [0.05, 0.1) is 19.8 Å². The van der Waals surface area contributed by atoms with Gasteiger partial charge in [-0.25, -0.2) is 4.79 Å². The Morgan fingerprint density at radius 2 is 1.84 bits per heavy atom. The van der Waals surface area contributed by atoms with Crippen LogP contribution in [0.25, 0.3) is 0 Å². The van der Waals surface area contributed by atoms with E-state index in [1.807, 2.05) is 4.90 Å². The van der Waals surface area contributed by atoms with Gasteiger partial charge in [0.15, 0.2) is 5.79 Å². The summed E-state index contributed by atoms with van der Waals surface area (Å²) in [5.41, 5.74) is 2.71. The molecule has 2 saturated heterocycles. The zero-order valence-electron chi connectivity index (χ0n) is 14.5. The SMILES string of the molecule is O=C(NCC1COC2(CCOCC2)O1)N1CCc2ccccc2CC1. The van der Waals surface area contributed by atoms with Gasteiger partial charge in [0, 0.05) is 32.5 Å². The summed E-state index contributed by atoms with van der Waals surface area (Å²) in [6, 6.07) is 8.45. The van der Waals surface area contributed by atoms with E-state index in [4.69, 9.17) is 14.2 Å². The molecule has 0 radical (unpaired) electrons. The molecule has 0 aliphatic carbocycles. The lowest BCUT2D eigenvalue weighted by Crippen LogP contribution is -2.45. The van der Waals surface area contributed by atoms with Crippen LogP contribution in [0.15, 0.2) is 24.3 Å². The minimum Gasteiger partial charge on any atom is -0.381 e. The van der Waals surface area contributed by atoms with Crippen LogP contribution in [0, 0.1) is 0 Å². The van der Waals surface area contributed by atoms with Gasteiger partial charge in [-0.15, -0.1) is 0 Å². The largest absolute Gasteiger partial charge is 0.381 e. The Kier molecular flexibility index (Phi) is 4.92. The van der Waals surface area contributed by atoms with Gasteiger partial charge in [0.2, 0.25) is 0 Å². The molecule has 2 fully saturated rings. The van der Waals surface area contributed by atoms with Crippen LogP contribution in [0.1, 0.15) is 24.0 Å². The maximum absolute atomic E-state index is 12.5. The number of amides is 2. The summed E-state index contributed by atoms with van der Waals surface area (Å²) in [4.78, 5) is 14.4. The Hall–Kier alpha value is -1.63. The fraction of sp³-hybridized carbons (Fsp3) is 0.632. The summed E-state index contributed by atoms with van der Waals surface area (Å²) in [7, 11) is 0. The van der Waals surface area contributed by atoms with Crippen LogP contribution in [0.2, 0.25) is 0 Å². The number of rotatable bonds is 2. The van der Waals surface area contributed by atoms with E-state index in [9.17, 15) is 4.79 Å². The van der Waals surface area contributed by atoms with Gasteiger partial charge >= 0.3 is 6.03 Å². The number of carbonyl (C=O) groups is 1. The van der Waals surface area contributed by atoms with Gasteiger partial charge in [0.25, 0.3) is 0 Å². The molecule has 1 aromatic carbocycles. The lowest BCUT2D eigenvalue weighted by molar-refractivity contribution is -0.210. The summed E-state index contributed by atoms with van der Waals surface area (Å²) in [5, 5.41) is 3.02. The monoisotopic (exact) mass is 346 g/mol. The van der Waals surface area contributed by atoms with Gasteiger partial charge in [-0.2, -0.15) is 0 Å². The van der Waals surface area contributed by atoms with Crippen LogP contribution in [-0.2, 0) is 27.1 Å². The molecule has 6 heteroatoms. The first-order valence-electron chi connectivity index (χ1n) is 9.23. The van der Waals surface area contributed by atoms with Gasteiger partial charge in [-0.1, -0.05) is 24.3 Å². The standard InChI is InChI=1S/C19H26N2O4/c22-18(21-9-5-15-3-1-2-4-16(15)6-10-21)20-13-17-14-24-19(25-17)7-11-23-12-8-19/h1-4,17H,5-14H2,(H,20,22). The quantitative estimate of drug-likeness (QED) is 0.886. The Bertz CT molecular complexity index is 588. The number of benzene rings is 1. The van der Waals surface area contributed by atoms with Crippen LogP contribution in [-0.4, -0.2) is 62.3 Å². The Morgan fingerprint density at radius 1 is 1.16 bits per heavy atom. The Morgan fingerprint density at radius 3 is 2.52 bits per heavy atom. The van der Waals surface area contributed by atoms with Crippen molar-refractivity contribution in [2.75, 3.05) is 39.5 Å². The van der Waals surface area contributed by atoms with Crippen molar-refractivity contribution < 1.29 is 19.0 Å². The molecule has 1 unspecified atom stereocenters. The highest BCUT2D eigenvalue weighted by Gasteiger charge is 2.42. The molecule has 25 heavy (non-hydrogen) atoms. The highest BCUT2D eigenvalue weighted by molar-refractivity contribution is 5.74. The fourth-order valence-corrected chi connectivity index (χ4v) is 3.85. The molecule has 0 aromatic heterocycles. The van der Waals surface area contributed by atoms with Crippen LogP contribution in [0.4, 0.5) is 4.79 Å². The number of hydrogen-bond acceptors (Lipinski definition) is 4. The summed E-state index contributed by atoms with van der Waals surface area (Å²) >= 11 is 0. The Labute approximate surface area is 148 Å². The van der Waals surface area contributed by atoms with Crippen molar-refractivity contribution in [3.8, 4) is 0 Å². The molecule has 136 valence electrons. The summed E-state index contributed by atoms with van der Waals surface area (Å²) < 4.78 is 17.3. The van der Waals surface area contributed by atoms with E-state index in [0.717, 1.165) is 38.8 Å². The van der Waals surface area contributed by atoms with Crippen molar-refractivity contribution in [3.05, 3.63) is 35.4 Å². The number of nitrogens with one attached hydrogen (secondary N) is 1. The van der Waals surface area contributed by atoms with Gasteiger partial charge in [0.1, 0.15) is 6.10 Å². The van der Waals surface area contributed by atoms with E-state index < -0.39 is 5.79 Å². The lowest BCUT2D eigenvalue weighted by Gasteiger charge is -2.31. The molecule has 1 atom stereocenters. The molecule has 6 nitrogen and oxygen atoms in total. The van der Waals surface area contributed by atoms with E-state index >= 15 is 0 Å². The fourth-order valence-electron chi connectivity index (χ4n) is 3.85. The van der Waals surface area contributed by atoms with Gasteiger partial charge in [-0.05, 0) is 24.0 Å². The number of nitrogens with zero attached hydrogens (tertiary/aromatic N) is 1. The van der Waals surface area contributed by atoms with Crippen molar-refractivity contribution in [1.29, 1.82) is 0 Å². The minimum absolute atomic E-state index is 0.00988. The van der Waals surface area contributed by atoms with Crippen molar-refractivity contribution in [2.45, 2.75) is 37.6 Å². The number of carbonyl (C=O) groups excluding carboxylic acids is 1. The third-order valence-corrected chi connectivity index (χ3v) is 5.36. The lowest BCUT2D eigenvalue weighted by atomic mass is 10.0. The van der Waals surface area contributed by atoms with Crippen LogP contribution < -0.4 is 5.32 Å². The first kappa shape index (κ1) is 16.8. The Balaban J connectivity index is 1.26. The second-order valence-corrected chi connectivity index (χ2v) is 7.02. The second kappa shape index (κ2) is 7.32. The molecular formula is C19H26N2O4. The predicted octanol–water partition coefficient (Wildman–Crippen LogP) is 1.72. The molecule has 0 saturated carbocycles. The first-order chi connectivity index (χ1) is 12.2. The van der Waals surface area contributed by atoms with Gasteiger partial charge in [-0.3, -0.25) is 0 Å². The zero-order valence-corrected chi connectivity index (χ0v) is 14.5. The minimum atomic E-state index is -0.488. The van der Waals surface area contributed by atoms with E-state index in [2.05, 4.69) is 29.6 Å². The van der Waals surface area contributed by atoms with E-state index in [1.54, 1.807) is 0 Å². The topological polar surface area (TPSA) is 60.0 Å². The van der Waals surface area contributed by atoms with Crippen LogP contribution >= 0.6 is 0 Å². The maximum Gasteiger partial charge on any atom is 0.317 e. The smallest absolute Gasteiger partial charge is 0.317 e. The average Bonchev–Trinajstić information content (AvgIpc) is 2.90. The molecule has 2 amide bonds. The molecular weight excluding hydrogens is 320 g/mol. The van der Waals surface area contributed by atoms with Gasteiger partial charge < -0.3 is 24.4 Å². The average molecular weight is 346 g/mol. The molecule has 1 spiro atoms. The summed E-state index contributed by atoms with van der Waals surface area (Å²) in [6.07, 6.45) is 3.28. The van der Waals surface area contributed by atoms with Crippen LogP contribution in [0.3, 0.4) is 0 Å². The molecule has 4 rings (SSSR count). The summed E-state index contributed by atoms with van der Waals surface area (Å²) in [6.45, 7) is 3.88. The zero-order chi connectivity index (χ0) is 17.1. The van der Waals surface area contributed by atoms with E-state index in [0.29, 0.717) is 26.4 Å². The number of urea groups is 1. The second-order valence-electron chi connectivity index (χ2n) is 7.02. The third-order valence-electron chi connectivity index (χ3n) is 5.36. The van der Waals surface area contributed by atoms with Crippen molar-refractivity contribution in [1.82, 2.24) is 10.2 Å². The number of hydrogen-bond donors (Lipinski definition) is 1. The van der Waals surface area contributed by atoms with E-state index in [1.165, 1.54) is 11.1 Å². The number of fused-ring (bicyclic) bond motifs is 1. The molecule has 3 heterocycles. The molecule has 3 aliphatic heterocycles. The highest BCUT2D eigenvalue weighted by atomic mass is 16.7. The highest BCUT2D eigenvalue weighted by Crippen LogP contribution is 2.32. The molecule has 3 aliphatic rings. The van der Waals surface area contributed by atoms with Crippen molar-refractivity contribution in [2.24, 2.45) is 0 Å². The summed E-state index contributed by atoms with van der Waals surface area (Å²) in [5.74, 6) is -0.488. The van der Waals surface area contributed by atoms with E-state index in [-0.39, 0.29) is 12.1 Å². The van der Waals surface area contributed by atoms with Crippen LogP contribution in [0.5, 0.6) is 0 Å².